The number of alkyl halides is 3. The van der Waals surface area contributed by atoms with Crippen LogP contribution in [-0.4, -0.2) is 5.91 Å². The van der Waals surface area contributed by atoms with Crippen LogP contribution in [0.3, 0.4) is 0 Å². The van der Waals surface area contributed by atoms with Crippen LogP contribution in [0.15, 0.2) is 46.9 Å². The van der Waals surface area contributed by atoms with Crippen LogP contribution in [0.2, 0.25) is 0 Å². The largest absolute Gasteiger partial charge is 0.416 e. The average molecular weight is 370 g/mol. The van der Waals surface area contributed by atoms with Crippen molar-refractivity contribution in [3.05, 3.63) is 63.6 Å². The first kappa shape index (κ1) is 15.1. The standard InChI is InChI=1S/C16H11BrF3NO/c17-11-5-6-14-12(8-11)13(15(22)21-14)7-9-1-3-10(4-2-9)16(18,19)20/h1-6,8,13H,7H2,(H,21,22). The molecular weight excluding hydrogens is 359 g/mol. The summed E-state index contributed by atoms with van der Waals surface area (Å²) in [6.07, 6.45) is -3.98. The van der Waals surface area contributed by atoms with Gasteiger partial charge in [0.2, 0.25) is 5.91 Å². The molecule has 2 aromatic carbocycles. The van der Waals surface area contributed by atoms with Crippen LogP contribution in [0.5, 0.6) is 0 Å². The summed E-state index contributed by atoms with van der Waals surface area (Å²) in [6.45, 7) is 0. The van der Waals surface area contributed by atoms with Gasteiger partial charge >= 0.3 is 6.18 Å². The van der Waals surface area contributed by atoms with E-state index in [0.717, 1.165) is 27.9 Å². The lowest BCUT2D eigenvalue weighted by atomic mass is 9.93. The Morgan fingerprint density at radius 1 is 1.09 bits per heavy atom. The number of fused-ring (bicyclic) bond motifs is 1. The molecule has 0 fully saturated rings. The molecule has 1 heterocycles. The fourth-order valence-corrected chi connectivity index (χ4v) is 2.94. The normalized spacial score (nSPS) is 17.3. The van der Waals surface area contributed by atoms with Crippen molar-refractivity contribution >= 4 is 27.5 Å². The molecule has 1 aliphatic rings. The van der Waals surface area contributed by atoms with Gasteiger partial charge in [-0.15, -0.1) is 0 Å². The first-order chi connectivity index (χ1) is 10.3. The van der Waals surface area contributed by atoms with Crippen molar-refractivity contribution in [2.24, 2.45) is 0 Å². The SMILES string of the molecule is O=C1Nc2ccc(Br)cc2C1Cc1ccc(C(F)(F)F)cc1. The quantitative estimate of drug-likeness (QED) is 0.813. The molecule has 1 N–H and O–H groups in total. The minimum absolute atomic E-state index is 0.131. The first-order valence-corrected chi connectivity index (χ1v) is 7.40. The summed E-state index contributed by atoms with van der Waals surface area (Å²) in [5, 5.41) is 2.79. The molecule has 6 heteroatoms. The highest BCUT2D eigenvalue weighted by atomic mass is 79.9. The number of hydrogen-bond donors (Lipinski definition) is 1. The first-order valence-electron chi connectivity index (χ1n) is 6.61. The number of carbonyl (C=O) groups excluding carboxylic acids is 1. The van der Waals surface area contributed by atoms with Gasteiger partial charge in [-0.3, -0.25) is 4.79 Å². The maximum Gasteiger partial charge on any atom is 0.416 e. The topological polar surface area (TPSA) is 29.1 Å². The third-order valence-corrected chi connectivity index (χ3v) is 4.18. The molecule has 1 unspecified atom stereocenters. The molecule has 0 aromatic heterocycles. The Labute approximate surface area is 133 Å². The Hall–Kier alpha value is -1.82. The van der Waals surface area contributed by atoms with E-state index in [1.54, 1.807) is 0 Å². The molecule has 3 rings (SSSR count). The Bertz CT molecular complexity index is 725. The van der Waals surface area contributed by atoms with Crippen LogP contribution >= 0.6 is 15.9 Å². The van der Waals surface area contributed by atoms with Crippen molar-refractivity contribution in [3.63, 3.8) is 0 Å². The van der Waals surface area contributed by atoms with E-state index in [0.29, 0.717) is 12.0 Å². The monoisotopic (exact) mass is 369 g/mol. The van der Waals surface area contributed by atoms with Crippen LogP contribution in [0.1, 0.15) is 22.6 Å². The van der Waals surface area contributed by atoms with Gasteiger partial charge in [-0.1, -0.05) is 28.1 Å². The van der Waals surface area contributed by atoms with Gasteiger partial charge in [0.25, 0.3) is 0 Å². The van der Waals surface area contributed by atoms with Crippen LogP contribution < -0.4 is 5.32 Å². The fourth-order valence-electron chi connectivity index (χ4n) is 2.56. The van der Waals surface area contributed by atoms with Gasteiger partial charge in [-0.2, -0.15) is 13.2 Å². The molecule has 1 aliphatic heterocycles. The third-order valence-electron chi connectivity index (χ3n) is 3.68. The van der Waals surface area contributed by atoms with E-state index in [1.165, 1.54) is 12.1 Å². The Kier molecular flexibility index (Phi) is 3.72. The van der Waals surface area contributed by atoms with E-state index in [2.05, 4.69) is 21.2 Å². The van der Waals surface area contributed by atoms with Gasteiger partial charge in [0.1, 0.15) is 0 Å². The number of hydrogen-bond acceptors (Lipinski definition) is 1. The third kappa shape index (κ3) is 2.88. The van der Waals surface area contributed by atoms with Gasteiger partial charge in [0, 0.05) is 10.2 Å². The van der Waals surface area contributed by atoms with E-state index >= 15 is 0 Å². The number of halogens is 4. The second-order valence-corrected chi connectivity index (χ2v) is 6.09. The summed E-state index contributed by atoms with van der Waals surface area (Å²) in [7, 11) is 0. The molecule has 0 aliphatic carbocycles. The summed E-state index contributed by atoms with van der Waals surface area (Å²) in [5.74, 6) is -0.516. The molecule has 2 aromatic rings. The lowest BCUT2D eigenvalue weighted by molar-refractivity contribution is -0.137. The van der Waals surface area contributed by atoms with Crippen LogP contribution in [0.4, 0.5) is 18.9 Å². The minimum Gasteiger partial charge on any atom is -0.325 e. The Balaban J connectivity index is 1.85. The zero-order valence-electron chi connectivity index (χ0n) is 11.2. The molecule has 2 nitrogen and oxygen atoms in total. The lowest BCUT2D eigenvalue weighted by Crippen LogP contribution is -2.14. The van der Waals surface area contributed by atoms with E-state index in [9.17, 15) is 18.0 Å². The summed E-state index contributed by atoms with van der Waals surface area (Å²) < 4.78 is 38.5. The molecule has 0 radical (unpaired) electrons. The van der Waals surface area contributed by atoms with Crippen LogP contribution in [0.25, 0.3) is 0 Å². The Morgan fingerprint density at radius 3 is 2.41 bits per heavy atom. The van der Waals surface area contributed by atoms with E-state index < -0.39 is 11.7 Å². The van der Waals surface area contributed by atoms with Crippen LogP contribution in [-0.2, 0) is 17.4 Å². The van der Waals surface area contributed by atoms with Crippen molar-refractivity contribution in [1.29, 1.82) is 0 Å². The smallest absolute Gasteiger partial charge is 0.325 e. The molecule has 1 atom stereocenters. The molecule has 114 valence electrons. The van der Waals surface area contributed by atoms with E-state index in [1.807, 2.05) is 18.2 Å². The van der Waals surface area contributed by atoms with Gasteiger partial charge in [-0.05, 0) is 47.9 Å². The number of carbonyl (C=O) groups is 1. The maximum atomic E-state index is 12.6. The van der Waals surface area contributed by atoms with E-state index in [-0.39, 0.29) is 11.8 Å². The highest BCUT2D eigenvalue weighted by Crippen LogP contribution is 2.37. The molecular formula is C16H11BrF3NO. The van der Waals surface area contributed by atoms with Crippen molar-refractivity contribution in [3.8, 4) is 0 Å². The van der Waals surface area contributed by atoms with Gasteiger partial charge in [0.05, 0.1) is 11.5 Å². The zero-order chi connectivity index (χ0) is 15.9. The number of benzene rings is 2. The second kappa shape index (κ2) is 5.43. The summed E-state index contributed by atoms with van der Waals surface area (Å²) in [6, 6.07) is 10.4. The van der Waals surface area contributed by atoms with E-state index in [4.69, 9.17) is 0 Å². The molecule has 0 spiro atoms. The van der Waals surface area contributed by atoms with Crippen LogP contribution in [0, 0.1) is 0 Å². The number of nitrogens with one attached hydrogen (secondary N) is 1. The van der Waals surface area contributed by atoms with Gasteiger partial charge < -0.3 is 5.32 Å². The summed E-state index contributed by atoms with van der Waals surface area (Å²) in [5.41, 5.74) is 1.63. The van der Waals surface area contributed by atoms with Crippen molar-refractivity contribution < 1.29 is 18.0 Å². The van der Waals surface area contributed by atoms with Gasteiger partial charge in [0.15, 0.2) is 0 Å². The van der Waals surface area contributed by atoms with Gasteiger partial charge in [-0.25, -0.2) is 0 Å². The number of anilines is 1. The predicted octanol–water partition coefficient (Wildman–Crippen LogP) is 4.75. The molecule has 0 saturated heterocycles. The fraction of sp³-hybridized carbons (Fsp3) is 0.188. The molecule has 0 bridgehead atoms. The maximum absolute atomic E-state index is 12.6. The molecule has 22 heavy (non-hydrogen) atoms. The zero-order valence-corrected chi connectivity index (χ0v) is 12.8. The Morgan fingerprint density at radius 2 is 1.77 bits per heavy atom. The highest BCUT2D eigenvalue weighted by Gasteiger charge is 2.32. The molecule has 1 amide bonds. The van der Waals surface area contributed by atoms with Crippen molar-refractivity contribution in [2.45, 2.75) is 18.5 Å². The lowest BCUT2D eigenvalue weighted by Gasteiger charge is -2.11. The second-order valence-electron chi connectivity index (χ2n) is 5.17. The summed E-state index contributed by atoms with van der Waals surface area (Å²) >= 11 is 3.37. The van der Waals surface area contributed by atoms with Crippen molar-refractivity contribution in [1.82, 2.24) is 0 Å². The number of rotatable bonds is 2. The molecule has 0 saturated carbocycles. The average Bonchev–Trinajstić information content (AvgIpc) is 2.75. The predicted molar refractivity (Wildman–Crippen MR) is 80.7 cm³/mol. The number of amides is 1. The minimum atomic E-state index is -4.35. The summed E-state index contributed by atoms with van der Waals surface area (Å²) in [4.78, 5) is 12.1. The van der Waals surface area contributed by atoms with Crippen molar-refractivity contribution in [2.75, 3.05) is 5.32 Å². The highest BCUT2D eigenvalue weighted by molar-refractivity contribution is 9.10.